The van der Waals surface area contributed by atoms with Gasteiger partial charge in [-0.1, -0.05) is 13.8 Å². The maximum absolute atomic E-state index is 5.73. The number of hydrazine groups is 1. The zero-order valence-electron chi connectivity index (χ0n) is 12.1. The third-order valence-electron chi connectivity index (χ3n) is 3.14. The summed E-state index contributed by atoms with van der Waals surface area (Å²) in [6, 6.07) is 1.88. The SMILES string of the molecule is CC(C)c1nc(NN)cc(N2CCOC(C)(C)C2)n1. The van der Waals surface area contributed by atoms with Gasteiger partial charge >= 0.3 is 0 Å². The minimum atomic E-state index is -0.155. The molecule has 2 heterocycles. The Bertz CT molecular complexity index is 447. The molecule has 1 saturated heterocycles. The summed E-state index contributed by atoms with van der Waals surface area (Å²) in [6.45, 7) is 10.7. The molecule has 0 aliphatic carbocycles. The van der Waals surface area contributed by atoms with Crippen LogP contribution in [0.4, 0.5) is 11.6 Å². The summed E-state index contributed by atoms with van der Waals surface area (Å²) in [7, 11) is 0. The van der Waals surface area contributed by atoms with Crippen LogP contribution in [-0.2, 0) is 4.74 Å². The Morgan fingerprint density at radius 1 is 1.42 bits per heavy atom. The summed E-state index contributed by atoms with van der Waals surface area (Å²) in [5.41, 5.74) is 2.46. The zero-order valence-corrected chi connectivity index (χ0v) is 12.1. The molecule has 0 atom stereocenters. The van der Waals surface area contributed by atoms with Crippen LogP contribution in [0, 0.1) is 0 Å². The molecule has 3 N–H and O–H groups in total. The second kappa shape index (κ2) is 5.30. The zero-order chi connectivity index (χ0) is 14.0. The van der Waals surface area contributed by atoms with Crippen LogP contribution in [0.25, 0.3) is 0 Å². The molecule has 0 unspecified atom stereocenters. The second-order valence-electron chi connectivity index (χ2n) is 5.80. The number of hydrogen-bond acceptors (Lipinski definition) is 6. The van der Waals surface area contributed by atoms with Crippen LogP contribution in [0.2, 0.25) is 0 Å². The summed E-state index contributed by atoms with van der Waals surface area (Å²) in [4.78, 5) is 11.2. The average Bonchev–Trinajstić information content (AvgIpc) is 2.37. The third kappa shape index (κ3) is 3.33. The molecule has 0 saturated carbocycles. The molecule has 6 heteroatoms. The van der Waals surface area contributed by atoms with E-state index in [9.17, 15) is 0 Å². The fourth-order valence-corrected chi connectivity index (χ4v) is 2.16. The first kappa shape index (κ1) is 14.0. The molecule has 2 rings (SSSR count). The van der Waals surface area contributed by atoms with Crippen molar-refractivity contribution in [3.63, 3.8) is 0 Å². The second-order valence-corrected chi connectivity index (χ2v) is 5.80. The highest BCUT2D eigenvalue weighted by molar-refractivity contribution is 5.49. The van der Waals surface area contributed by atoms with Crippen LogP contribution >= 0.6 is 0 Å². The lowest BCUT2D eigenvalue weighted by molar-refractivity contribution is -0.0279. The molecule has 6 nitrogen and oxygen atoms in total. The molecule has 1 fully saturated rings. The molecule has 1 aliphatic rings. The molecule has 0 spiro atoms. The van der Waals surface area contributed by atoms with Gasteiger partial charge in [0.05, 0.1) is 12.2 Å². The van der Waals surface area contributed by atoms with Gasteiger partial charge in [-0.05, 0) is 13.8 Å². The molecule has 1 aliphatic heterocycles. The fraction of sp³-hybridized carbons (Fsp3) is 0.692. The van der Waals surface area contributed by atoms with E-state index < -0.39 is 0 Å². The van der Waals surface area contributed by atoms with E-state index in [-0.39, 0.29) is 11.5 Å². The molecule has 0 aromatic carbocycles. The maximum Gasteiger partial charge on any atom is 0.145 e. The van der Waals surface area contributed by atoms with Crippen molar-refractivity contribution in [2.24, 2.45) is 5.84 Å². The van der Waals surface area contributed by atoms with E-state index in [1.54, 1.807) is 0 Å². The third-order valence-corrected chi connectivity index (χ3v) is 3.14. The predicted octanol–water partition coefficient (Wildman–Crippen LogP) is 1.50. The van der Waals surface area contributed by atoms with Crippen LogP contribution in [0.3, 0.4) is 0 Å². The largest absolute Gasteiger partial charge is 0.372 e. The number of nitrogens with one attached hydrogen (secondary N) is 1. The van der Waals surface area contributed by atoms with E-state index in [2.05, 4.69) is 48.0 Å². The summed E-state index contributed by atoms with van der Waals surface area (Å²) in [6.07, 6.45) is 0. The van der Waals surface area contributed by atoms with E-state index in [1.165, 1.54) is 0 Å². The van der Waals surface area contributed by atoms with Crippen molar-refractivity contribution in [1.29, 1.82) is 0 Å². The highest BCUT2D eigenvalue weighted by Gasteiger charge is 2.28. The first-order chi connectivity index (χ1) is 8.91. The molecule has 1 aromatic heterocycles. The average molecular weight is 265 g/mol. The van der Waals surface area contributed by atoms with Gasteiger partial charge in [-0.25, -0.2) is 15.8 Å². The number of nitrogens with zero attached hydrogens (tertiary/aromatic N) is 3. The van der Waals surface area contributed by atoms with Gasteiger partial charge in [0.1, 0.15) is 17.5 Å². The number of morpholine rings is 1. The maximum atomic E-state index is 5.73. The number of nitrogen functional groups attached to an aromatic ring is 1. The Hall–Kier alpha value is -1.40. The van der Waals surface area contributed by atoms with Crippen LogP contribution < -0.4 is 16.2 Å². The summed E-state index contributed by atoms with van der Waals surface area (Å²) >= 11 is 0. The first-order valence-corrected chi connectivity index (χ1v) is 6.66. The van der Waals surface area contributed by atoms with E-state index in [4.69, 9.17) is 10.6 Å². The van der Waals surface area contributed by atoms with Gasteiger partial charge in [0.2, 0.25) is 0 Å². The fourth-order valence-electron chi connectivity index (χ4n) is 2.16. The van der Waals surface area contributed by atoms with Gasteiger partial charge < -0.3 is 15.1 Å². The van der Waals surface area contributed by atoms with Crippen molar-refractivity contribution < 1.29 is 4.74 Å². The van der Waals surface area contributed by atoms with Gasteiger partial charge in [0, 0.05) is 25.1 Å². The minimum absolute atomic E-state index is 0.155. The van der Waals surface area contributed by atoms with Crippen molar-refractivity contribution in [3.05, 3.63) is 11.9 Å². The number of rotatable bonds is 3. The standard InChI is InChI=1S/C13H23N5O/c1-9(2)12-15-10(17-14)7-11(16-12)18-5-6-19-13(3,4)8-18/h7,9H,5-6,8,14H2,1-4H3,(H,15,16,17). The Morgan fingerprint density at radius 2 is 2.16 bits per heavy atom. The Kier molecular flexibility index (Phi) is 3.91. The Labute approximate surface area is 114 Å². The number of aromatic nitrogens is 2. The van der Waals surface area contributed by atoms with E-state index >= 15 is 0 Å². The van der Waals surface area contributed by atoms with Crippen molar-refractivity contribution in [1.82, 2.24) is 9.97 Å². The van der Waals surface area contributed by atoms with Crippen molar-refractivity contribution in [2.75, 3.05) is 30.0 Å². The van der Waals surface area contributed by atoms with Crippen LogP contribution in [-0.4, -0.2) is 35.3 Å². The number of anilines is 2. The van der Waals surface area contributed by atoms with Crippen LogP contribution in [0.5, 0.6) is 0 Å². The molecule has 0 amide bonds. The lowest BCUT2D eigenvalue weighted by Crippen LogP contribution is -2.48. The number of nitrogens with two attached hydrogens (primary N) is 1. The summed E-state index contributed by atoms with van der Waals surface area (Å²) in [5.74, 6) is 8.11. The molecule has 106 valence electrons. The van der Waals surface area contributed by atoms with E-state index in [0.717, 1.165) is 24.7 Å². The molecule has 19 heavy (non-hydrogen) atoms. The molecular formula is C13H23N5O. The summed E-state index contributed by atoms with van der Waals surface area (Å²) < 4.78 is 5.73. The Balaban J connectivity index is 2.30. The first-order valence-electron chi connectivity index (χ1n) is 6.66. The molecular weight excluding hydrogens is 242 g/mol. The highest BCUT2D eigenvalue weighted by Crippen LogP contribution is 2.24. The lowest BCUT2D eigenvalue weighted by Gasteiger charge is -2.39. The van der Waals surface area contributed by atoms with Crippen molar-refractivity contribution >= 4 is 11.6 Å². The molecule has 0 radical (unpaired) electrons. The molecule has 1 aromatic rings. The number of hydrogen-bond donors (Lipinski definition) is 2. The van der Waals surface area contributed by atoms with Gasteiger partial charge in [-0.15, -0.1) is 0 Å². The van der Waals surface area contributed by atoms with Gasteiger partial charge in [-0.3, -0.25) is 0 Å². The number of ether oxygens (including phenoxy) is 1. The van der Waals surface area contributed by atoms with E-state index in [0.29, 0.717) is 12.4 Å². The Morgan fingerprint density at radius 3 is 2.74 bits per heavy atom. The molecule has 0 bridgehead atoms. The minimum Gasteiger partial charge on any atom is -0.372 e. The van der Waals surface area contributed by atoms with Crippen LogP contribution in [0.1, 0.15) is 39.4 Å². The predicted molar refractivity (Wildman–Crippen MR) is 76.2 cm³/mol. The topological polar surface area (TPSA) is 76.3 Å². The van der Waals surface area contributed by atoms with Gasteiger partial charge in [0.15, 0.2) is 0 Å². The van der Waals surface area contributed by atoms with Crippen LogP contribution in [0.15, 0.2) is 6.07 Å². The van der Waals surface area contributed by atoms with Gasteiger partial charge in [0.25, 0.3) is 0 Å². The van der Waals surface area contributed by atoms with Crippen molar-refractivity contribution in [3.8, 4) is 0 Å². The summed E-state index contributed by atoms with van der Waals surface area (Å²) in [5, 5.41) is 0. The van der Waals surface area contributed by atoms with Crippen molar-refractivity contribution in [2.45, 2.75) is 39.2 Å². The monoisotopic (exact) mass is 265 g/mol. The van der Waals surface area contributed by atoms with E-state index in [1.807, 2.05) is 6.07 Å². The van der Waals surface area contributed by atoms with Gasteiger partial charge in [-0.2, -0.15) is 0 Å². The quantitative estimate of drug-likeness (QED) is 0.637. The highest BCUT2D eigenvalue weighted by atomic mass is 16.5. The normalized spacial score (nSPS) is 18.7. The lowest BCUT2D eigenvalue weighted by atomic mass is 10.1. The smallest absolute Gasteiger partial charge is 0.145 e.